The lowest BCUT2D eigenvalue weighted by Crippen LogP contribution is -2.52. The summed E-state index contributed by atoms with van der Waals surface area (Å²) in [6.07, 6.45) is 13.0. The van der Waals surface area contributed by atoms with Crippen LogP contribution in [0.4, 0.5) is 0 Å². The zero-order valence-electron chi connectivity index (χ0n) is 14.3. The first kappa shape index (κ1) is 19.6. The van der Waals surface area contributed by atoms with Crippen LogP contribution in [-0.4, -0.2) is 44.5 Å². The second-order valence-electron chi connectivity index (χ2n) is 5.62. The van der Waals surface area contributed by atoms with Crippen LogP contribution in [0.15, 0.2) is 36.5 Å². The second-order valence-corrected chi connectivity index (χ2v) is 5.62. The Balaban J connectivity index is 2.70. The van der Waals surface area contributed by atoms with Crippen LogP contribution in [0, 0.1) is 5.92 Å². The van der Waals surface area contributed by atoms with Gasteiger partial charge in [-0.1, -0.05) is 56.7 Å². The lowest BCUT2D eigenvalue weighted by atomic mass is 9.93. The quantitative estimate of drug-likeness (QED) is 0.548. The summed E-state index contributed by atoms with van der Waals surface area (Å²) in [7, 11) is 1.62. The zero-order chi connectivity index (χ0) is 17.1. The predicted octanol–water partition coefficient (Wildman–Crippen LogP) is 2.38. The van der Waals surface area contributed by atoms with Crippen molar-refractivity contribution in [3.05, 3.63) is 36.5 Å². The van der Waals surface area contributed by atoms with Gasteiger partial charge >= 0.3 is 5.97 Å². The van der Waals surface area contributed by atoms with Gasteiger partial charge in [-0.15, -0.1) is 0 Å². The molecule has 1 heterocycles. The third kappa shape index (κ3) is 6.69. The van der Waals surface area contributed by atoms with Gasteiger partial charge in [0, 0.05) is 13.0 Å². The van der Waals surface area contributed by atoms with Crippen LogP contribution in [0.1, 0.15) is 26.7 Å². The highest BCUT2D eigenvalue weighted by Gasteiger charge is 2.40. The standard InChI is InChI=1S/C18H29NO4/c1-4-5-6-7-8-9-10-11-15-18(23-16(20)12-19)17(21-3)14(2)13-22-15/h6-11,14-15,17-18H,4-5,12-13,19H2,1-3H3/b7-6+,9-8+,11-10+/t14-,15+,17+,18-/m0/s1. The Labute approximate surface area is 139 Å². The van der Waals surface area contributed by atoms with Crippen LogP contribution in [0.25, 0.3) is 0 Å². The van der Waals surface area contributed by atoms with Gasteiger partial charge in [-0.3, -0.25) is 4.79 Å². The number of ether oxygens (including phenoxy) is 3. The van der Waals surface area contributed by atoms with Gasteiger partial charge in [-0.25, -0.2) is 0 Å². The van der Waals surface area contributed by atoms with Crippen molar-refractivity contribution >= 4 is 5.97 Å². The van der Waals surface area contributed by atoms with Crippen molar-refractivity contribution < 1.29 is 19.0 Å². The number of carbonyl (C=O) groups is 1. The molecule has 1 fully saturated rings. The summed E-state index contributed by atoms with van der Waals surface area (Å²) < 4.78 is 16.7. The molecule has 0 amide bonds. The number of rotatable bonds is 8. The predicted molar refractivity (Wildman–Crippen MR) is 91.0 cm³/mol. The van der Waals surface area contributed by atoms with Gasteiger partial charge in [-0.05, 0) is 6.42 Å². The van der Waals surface area contributed by atoms with E-state index >= 15 is 0 Å². The Morgan fingerprint density at radius 2 is 2.00 bits per heavy atom. The summed E-state index contributed by atoms with van der Waals surface area (Å²) >= 11 is 0. The second kappa shape index (κ2) is 11.2. The Morgan fingerprint density at radius 1 is 1.26 bits per heavy atom. The highest BCUT2D eigenvalue weighted by molar-refractivity contribution is 5.71. The minimum Gasteiger partial charge on any atom is -0.455 e. The molecule has 1 aliphatic heterocycles. The molecule has 1 saturated heterocycles. The van der Waals surface area contributed by atoms with E-state index in [4.69, 9.17) is 19.9 Å². The van der Waals surface area contributed by atoms with Gasteiger partial charge in [-0.2, -0.15) is 0 Å². The first-order valence-electron chi connectivity index (χ1n) is 8.18. The minimum atomic E-state index is -0.486. The van der Waals surface area contributed by atoms with E-state index in [0.717, 1.165) is 12.8 Å². The third-order valence-corrected chi connectivity index (χ3v) is 3.69. The summed E-state index contributed by atoms with van der Waals surface area (Å²) in [5.41, 5.74) is 5.34. The number of nitrogens with two attached hydrogens (primary N) is 1. The third-order valence-electron chi connectivity index (χ3n) is 3.69. The fraction of sp³-hybridized carbons (Fsp3) is 0.611. The van der Waals surface area contributed by atoms with E-state index in [1.165, 1.54) is 0 Å². The minimum absolute atomic E-state index is 0.146. The fourth-order valence-electron chi connectivity index (χ4n) is 2.47. The highest BCUT2D eigenvalue weighted by Crippen LogP contribution is 2.26. The van der Waals surface area contributed by atoms with E-state index in [1.807, 2.05) is 37.3 Å². The van der Waals surface area contributed by atoms with Crippen molar-refractivity contribution in [1.82, 2.24) is 0 Å². The summed E-state index contributed by atoms with van der Waals surface area (Å²) in [5.74, 6) is -0.307. The molecule has 23 heavy (non-hydrogen) atoms. The lowest BCUT2D eigenvalue weighted by Gasteiger charge is -2.39. The molecule has 0 saturated carbocycles. The first-order valence-corrected chi connectivity index (χ1v) is 8.18. The van der Waals surface area contributed by atoms with Gasteiger partial charge in [0.05, 0.1) is 13.2 Å². The molecule has 0 aromatic heterocycles. The van der Waals surface area contributed by atoms with E-state index in [-0.39, 0.29) is 24.7 Å². The molecule has 2 N–H and O–H groups in total. The van der Waals surface area contributed by atoms with Gasteiger partial charge in [0.15, 0.2) is 6.10 Å². The Morgan fingerprint density at radius 3 is 2.65 bits per heavy atom. The molecule has 5 nitrogen and oxygen atoms in total. The van der Waals surface area contributed by atoms with Crippen molar-refractivity contribution in [2.75, 3.05) is 20.3 Å². The number of unbranched alkanes of at least 4 members (excludes halogenated alkanes) is 1. The van der Waals surface area contributed by atoms with Gasteiger partial charge in [0.2, 0.25) is 0 Å². The molecule has 0 radical (unpaired) electrons. The van der Waals surface area contributed by atoms with Crippen molar-refractivity contribution in [3.8, 4) is 0 Å². The molecule has 0 bridgehead atoms. The molecule has 1 aliphatic rings. The van der Waals surface area contributed by atoms with Crippen molar-refractivity contribution in [3.63, 3.8) is 0 Å². The maximum absolute atomic E-state index is 11.6. The highest BCUT2D eigenvalue weighted by atomic mass is 16.6. The average molecular weight is 323 g/mol. The summed E-state index contributed by atoms with van der Waals surface area (Å²) in [6, 6.07) is 0. The molecule has 0 aromatic rings. The van der Waals surface area contributed by atoms with E-state index in [0.29, 0.717) is 6.61 Å². The monoisotopic (exact) mass is 323 g/mol. The molecule has 0 spiro atoms. The normalized spacial score (nSPS) is 28.9. The number of hydrogen-bond donors (Lipinski definition) is 1. The van der Waals surface area contributed by atoms with E-state index in [1.54, 1.807) is 7.11 Å². The number of esters is 1. The van der Waals surface area contributed by atoms with Crippen LogP contribution in [0.3, 0.4) is 0 Å². The molecule has 5 heteroatoms. The van der Waals surface area contributed by atoms with Crippen molar-refractivity contribution in [2.45, 2.75) is 45.0 Å². The molecule has 0 aromatic carbocycles. The van der Waals surface area contributed by atoms with Crippen LogP contribution in [0.5, 0.6) is 0 Å². The zero-order valence-corrected chi connectivity index (χ0v) is 14.3. The number of allylic oxidation sites excluding steroid dienone is 5. The molecule has 1 rings (SSSR count). The van der Waals surface area contributed by atoms with Gasteiger partial charge in [0.25, 0.3) is 0 Å². The van der Waals surface area contributed by atoms with E-state index < -0.39 is 12.1 Å². The van der Waals surface area contributed by atoms with Crippen LogP contribution in [-0.2, 0) is 19.0 Å². The topological polar surface area (TPSA) is 70.8 Å². The fourth-order valence-corrected chi connectivity index (χ4v) is 2.47. The Hall–Kier alpha value is -1.43. The SMILES string of the molecule is CCC/C=C/C=C/C=C/[C@H]1OC[C@H](C)[C@@H](OC)[C@H]1OC(=O)CN. The van der Waals surface area contributed by atoms with Crippen LogP contribution < -0.4 is 5.73 Å². The van der Waals surface area contributed by atoms with E-state index in [2.05, 4.69) is 13.0 Å². The largest absolute Gasteiger partial charge is 0.455 e. The van der Waals surface area contributed by atoms with Crippen molar-refractivity contribution in [2.24, 2.45) is 11.7 Å². The van der Waals surface area contributed by atoms with Crippen LogP contribution in [0.2, 0.25) is 0 Å². The lowest BCUT2D eigenvalue weighted by molar-refractivity contribution is -0.189. The molecule has 0 aliphatic carbocycles. The van der Waals surface area contributed by atoms with E-state index in [9.17, 15) is 4.79 Å². The van der Waals surface area contributed by atoms with Gasteiger partial charge in [0.1, 0.15) is 12.2 Å². The smallest absolute Gasteiger partial charge is 0.320 e. The molecular formula is C18H29NO4. The summed E-state index contributed by atoms with van der Waals surface area (Å²) in [5, 5.41) is 0. The summed E-state index contributed by atoms with van der Waals surface area (Å²) in [4.78, 5) is 11.6. The molecule has 4 atom stereocenters. The summed E-state index contributed by atoms with van der Waals surface area (Å²) in [6.45, 7) is 4.56. The Kier molecular flexibility index (Phi) is 9.52. The average Bonchev–Trinajstić information content (AvgIpc) is 2.55. The van der Waals surface area contributed by atoms with Gasteiger partial charge < -0.3 is 19.9 Å². The Bertz CT molecular complexity index is 431. The maximum Gasteiger partial charge on any atom is 0.320 e. The molecule has 130 valence electrons. The molecule has 0 unspecified atom stereocenters. The first-order chi connectivity index (χ1) is 11.1. The number of carbonyl (C=O) groups excluding carboxylic acids is 1. The number of hydrogen-bond acceptors (Lipinski definition) is 5. The number of methoxy groups -OCH3 is 1. The molecular weight excluding hydrogens is 294 g/mol. The van der Waals surface area contributed by atoms with Crippen molar-refractivity contribution in [1.29, 1.82) is 0 Å². The van der Waals surface area contributed by atoms with Crippen LogP contribution >= 0.6 is 0 Å². The maximum atomic E-state index is 11.6.